The van der Waals surface area contributed by atoms with Crippen LogP contribution >= 0.6 is 0 Å². The molecule has 2 aromatic rings. The number of hydrogen-bond acceptors (Lipinski definition) is 4. The monoisotopic (exact) mass is 203 g/mol. The van der Waals surface area contributed by atoms with E-state index in [1.165, 1.54) is 31.2 Å². The molecule has 4 heteroatoms. The van der Waals surface area contributed by atoms with Gasteiger partial charge in [-0.3, -0.25) is 0 Å². The maximum absolute atomic E-state index is 5.12. The number of fused-ring (bicyclic) bond motifs is 1. The number of nitrogens with one attached hydrogen (secondary N) is 1. The molecule has 1 aliphatic rings. The van der Waals surface area contributed by atoms with Gasteiger partial charge in [0.2, 0.25) is 5.71 Å². The van der Waals surface area contributed by atoms with Gasteiger partial charge in [-0.1, -0.05) is 6.42 Å². The summed E-state index contributed by atoms with van der Waals surface area (Å²) in [6, 6.07) is 2.50. The average Bonchev–Trinajstić information content (AvgIpc) is 2.77. The molecule has 0 amide bonds. The maximum atomic E-state index is 5.12. The van der Waals surface area contributed by atoms with Gasteiger partial charge in [0.15, 0.2) is 6.39 Å². The molecule has 0 spiro atoms. The van der Waals surface area contributed by atoms with Gasteiger partial charge in [-0.2, -0.15) is 0 Å². The molecular weight excluding hydrogens is 190 g/mol. The van der Waals surface area contributed by atoms with Gasteiger partial charge in [0.05, 0.1) is 0 Å². The van der Waals surface area contributed by atoms with Gasteiger partial charge in [-0.05, 0) is 31.0 Å². The highest BCUT2D eigenvalue weighted by Crippen LogP contribution is 2.24. The van der Waals surface area contributed by atoms with E-state index in [9.17, 15) is 0 Å². The van der Waals surface area contributed by atoms with Crippen LogP contribution in [0.1, 0.15) is 30.9 Å². The Morgan fingerprint density at radius 3 is 3.20 bits per heavy atom. The minimum atomic E-state index is 0.437. The summed E-state index contributed by atoms with van der Waals surface area (Å²) in [7, 11) is 0. The first-order chi connectivity index (χ1) is 7.43. The van der Waals surface area contributed by atoms with E-state index in [2.05, 4.69) is 21.4 Å². The smallest absolute Gasteiger partial charge is 0.246 e. The second kappa shape index (κ2) is 3.62. The molecule has 2 aromatic heterocycles. The van der Waals surface area contributed by atoms with Crippen LogP contribution in [-0.2, 0) is 0 Å². The summed E-state index contributed by atoms with van der Waals surface area (Å²) in [6.45, 7) is 1.10. The Morgan fingerprint density at radius 1 is 1.33 bits per heavy atom. The fourth-order valence-corrected chi connectivity index (χ4v) is 2.10. The fraction of sp³-hybridized carbons (Fsp3) is 0.455. The van der Waals surface area contributed by atoms with E-state index in [1.807, 2.05) is 6.20 Å². The summed E-state index contributed by atoms with van der Waals surface area (Å²) in [5.74, 6) is 0. The second-order valence-corrected chi connectivity index (χ2v) is 3.95. The lowest BCUT2D eigenvalue weighted by Crippen LogP contribution is -2.26. The van der Waals surface area contributed by atoms with Crippen LogP contribution in [0.5, 0.6) is 0 Å². The Hall–Kier alpha value is -1.42. The van der Waals surface area contributed by atoms with Crippen LogP contribution in [0.3, 0.4) is 0 Å². The number of nitrogens with zero attached hydrogens (tertiary/aromatic N) is 2. The number of rotatable bonds is 1. The Bertz CT molecular complexity index is 460. The predicted molar refractivity (Wildman–Crippen MR) is 56.4 cm³/mol. The van der Waals surface area contributed by atoms with Crippen LogP contribution < -0.4 is 5.32 Å². The summed E-state index contributed by atoms with van der Waals surface area (Å²) in [6.07, 6.45) is 7.07. The topological polar surface area (TPSA) is 51.0 Å². The second-order valence-electron chi connectivity index (χ2n) is 3.95. The zero-order valence-corrected chi connectivity index (χ0v) is 8.44. The van der Waals surface area contributed by atoms with Crippen LogP contribution in [0.4, 0.5) is 0 Å². The van der Waals surface area contributed by atoms with Gasteiger partial charge < -0.3 is 9.73 Å². The summed E-state index contributed by atoms with van der Waals surface area (Å²) < 4.78 is 5.12. The van der Waals surface area contributed by atoms with Gasteiger partial charge in [0.25, 0.3) is 0 Å². The molecule has 1 saturated heterocycles. The number of hydrogen-bond donors (Lipinski definition) is 1. The zero-order valence-electron chi connectivity index (χ0n) is 8.44. The van der Waals surface area contributed by atoms with Crippen molar-refractivity contribution in [1.29, 1.82) is 0 Å². The Labute approximate surface area is 87.7 Å². The standard InChI is InChI=1S/C11H13N3O/c1-2-4-12-9(3-1)8-5-10-11(13-6-8)15-7-14-10/h5-7,9,12H,1-4H2. The van der Waals surface area contributed by atoms with Gasteiger partial charge >= 0.3 is 0 Å². The Morgan fingerprint density at radius 2 is 2.33 bits per heavy atom. The lowest BCUT2D eigenvalue weighted by Gasteiger charge is -2.23. The molecule has 1 unspecified atom stereocenters. The van der Waals surface area contributed by atoms with E-state index in [0.29, 0.717) is 11.8 Å². The SMILES string of the molecule is c1nc2cc(C3CCCCN3)cnc2o1. The molecule has 0 radical (unpaired) electrons. The number of pyridine rings is 1. The molecule has 15 heavy (non-hydrogen) atoms. The first-order valence-electron chi connectivity index (χ1n) is 5.36. The number of oxazole rings is 1. The summed E-state index contributed by atoms with van der Waals surface area (Å²) in [5.41, 5.74) is 2.69. The maximum Gasteiger partial charge on any atom is 0.246 e. The quantitative estimate of drug-likeness (QED) is 0.770. The van der Waals surface area contributed by atoms with Crippen molar-refractivity contribution in [3.63, 3.8) is 0 Å². The molecule has 1 fully saturated rings. The lowest BCUT2D eigenvalue weighted by molar-refractivity contribution is 0.412. The molecule has 1 aliphatic heterocycles. The largest absolute Gasteiger partial charge is 0.425 e. The number of piperidine rings is 1. The van der Waals surface area contributed by atoms with Crippen LogP contribution in [0.2, 0.25) is 0 Å². The van der Waals surface area contributed by atoms with E-state index in [0.717, 1.165) is 12.1 Å². The first-order valence-corrected chi connectivity index (χ1v) is 5.36. The van der Waals surface area contributed by atoms with Crippen LogP contribution in [-0.4, -0.2) is 16.5 Å². The minimum Gasteiger partial charge on any atom is -0.425 e. The van der Waals surface area contributed by atoms with Crippen molar-refractivity contribution in [1.82, 2.24) is 15.3 Å². The average molecular weight is 203 g/mol. The highest BCUT2D eigenvalue weighted by atomic mass is 16.3. The molecule has 1 N–H and O–H groups in total. The molecule has 78 valence electrons. The van der Waals surface area contributed by atoms with Crippen molar-refractivity contribution in [2.24, 2.45) is 0 Å². The third-order valence-electron chi connectivity index (χ3n) is 2.92. The molecule has 3 rings (SSSR count). The van der Waals surface area contributed by atoms with E-state index in [4.69, 9.17) is 4.42 Å². The van der Waals surface area contributed by atoms with Crippen LogP contribution in [0.25, 0.3) is 11.2 Å². The third kappa shape index (κ3) is 1.61. The summed E-state index contributed by atoms with van der Waals surface area (Å²) >= 11 is 0. The van der Waals surface area contributed by atoms with E-state index in [-0.39, 0.29) is 0 Å². The van der Waals surface area contributed by atoms with Crippen molar-refractivity contribution in [3.05, 3.63) is 24.2 Å². The molecule has 1 atom stereocenters. The molecule has 0 aromatic carbocycles. The molecule has 4 nitrogen and oxygen atoms in total. The fourth-order valence-electron chi connectivity index (χ4n) is 2.10. The van der Waals surface area contributed by atoms with E-state index < -0.39 is 0 Å². The molecule has 0 aliphatic carbocycles. The van der Waals surface area contributed by atoms with Crippen molar-refractivity contribution >= 4 is 11.2 Å². The minimum absolute atomic E-state index is 0.437. The zero-order chi connectivity index (χ0) is 10.1. The molecule has 3 heterocycles. The van der Waals surface area contributed by atoms with Crippen molar-refractivity contribution in [2.75, 3.05) is 6.54 Å². The Balaban J connectivity index is 1.95. The first kappa shape index (κ1) is 8.85. The van der Waals surface area contributed by atoms with Gasteiger partial charge in [0, 0.05) is 12.2 Å². The number of aromatic nitrogens is 2. The van der Waals surface area contributed by atoms with Crippen LogP contribution in [0, 0.1) is 0 Å². The summed E-state index contributed by atoms with van der Waals surface area (Å²) in [4.78, 5) is 8.36. The highest BCUT2D eigenvalue weighted by molar-refractivity contribution is 5.67. The van der Waals surface area contributed by atoms with Gasteiger partial charge in [0.1, 0.15) is 5.52 Å². The van der Waals surface area contributed by atoms with E-state index in [1.54, 1.807) is 0 Å². The van der Waals surface area contributed by atoms with Crippen molar-refractivity contribution in [3.8, 4) is 0 Å². The molecule has 0 saturated carbocycles. The predicted octanol–water partition coefficient (Wildman–Crippen LogP) is 2.04. The molecule has 0 bridgehead atoms. The van der Waals surface area contributed by atoms with Gasteiger partial charge in [-0.25, -0.2) is 9.97 Å². The third-order valence-corrected chi connectivity index (χ3v) is 2.92. The van der Waals surface area contributed by atoms with Crippen molar-refractivity contribution < 1.29 is 4.42 Å². The van der Waals surface area contributed by atoms with Crippen LogP contribution in [0.15, 0.2) is 23.1 Å². The normalized spacial score (nSPS) is 22.0. The molecular formula is C11H13N3O. The summed E-state index contributed by atoms with van der Waals surface area (Å²) in [5, 5.41) is 3.49. The lowest BCUT2D eigenvalue weighted by atomic mass is 9.99. The van der Waals surface area contributed by atoms with Gasteiger partial charge in [-0.15, -0.1) is 0 Å². The van der Waals surface area contributed by atoms with E-state index >= 15 is 0 Å². The van der Waals surface area contributed by atoms with Crippen molar-refractivity contribution in [2.45, 2.75) is 25.3 Å². The Kier molecular flexibility index (Phi) is 2.14. The highest BCUT2D eigenvalue weighted by Gasteiger charge is 2.15.